The van der Waals surface area contributed by atoms with Crippen molar-refractivity contribution in [3.8, 4) is 5.75 Å². The molecular weight excluding hydrogens is 304 g/mol. The molecule has 1 aliphatic heterocycles. The molecule has 0 spiro atoms. The summed E-state index contributed by atoms with van der Waals surface area (Å²) in [6.45, 7) is 2.14. The summed E-state index contributed by atoms with van der Waals surface area (Å²) in [4.78, 5) is 0. The van der Waals surface area contributed by atoms with Crippen LogP contribution >= 0.6 is 0 Å². The Morgan fingerprint density at radius 1 is 0.880 bits per heavy atom. The number of ether oxygens (including phenoxy) is 1. The Morgan fingerprint density at radius 3 is 2.36 bits per heavy atom. The molecule has 25 heavy (non-hydrogen) atoms. The Bertz CT molecular complexity index is 865. The van der Waals surface area contributed by atoms with Crippen molar-refractivity contribution in [1.82, 2.24) is 0 Å². The average Bonchev–Trinajstić information content (AvgIpc) is 2.67. The van der Waals surface area contributed by atoms with E-state index in [1.165, 1.54) is 22.3 Å². The summed E-state index contributed by atoms with van der Waals surface area (Å²) in [6, 6.07) is 27.5. The topological polar surface area (TPSA) is 9.23 Å². The van der Waals surface area contributed by atoms with Gasteiger partial charge in [0.15, 0.2) is 0 Å². The number of hydrogen-bond donors (Lipinski definition) is 0. The van der Waals surface area contributed by atoms with Crippen molar-refractivity contribution in [1.29, 1.82) is 0 Å². The van der Waals surface area contributed by atoms with E-state index in [1.807, 2.05) is 0 Å². The van der Waals surface area contributed by atoms with Crippen LogP contribution in [0.4, 0.5) is 0 Å². The van der Waals surface area contributed by atoms with Crippen molar-refractivity contribution in [2.75, 3.05) is 0 Å². The first-order chi connectivity index (χ1) is 12.3. The van der Waals surface area contributed by atoms with Crippen molar-refractivity contribution in [2.24, 2.45) is 0 Å². The van der Waals surface area contributed by atoms with E-state index in [0.29, 0.717) is 5.92 Å². The Hall–Kier alpha value is -2.80. The highest BCUT2D eigenvalue weighted by Crippen LogP contribution is 2.43. The quantitative estimate of drug-likeness (QED) is 0.547. The zero-order valence-electron chi connectivity index (χ0n) is 14.4. The average molecular weight is 326 g/mol. The SMILES string of the molecule is Cc1ccc2c(c1)C(/C=C/c1ccccc1)CC(c1ccccc1)O2. The molecule has 3 aromatic carbocycles. The second kappa shape index (κ2) is 6.98. The van der Waals surface area contributed by atoms with Gasteiger partial charge in [-0.25, -0.2) is 0 Å². The van der Waals surface area contributed by atoms with Gasteiger partial charge in [0.1, 0.15) is 11.9 Å². The lowest BCUT2D eigenvalue weighted by Gasteiger charge is -2.31. The molecule has 1 aliphatic rings. The standard InChI is InChI=1S/C24H22O/c1-18-12-15-23-22(16-18)21(14-13-19-8-4-2-5-9-19)17-24(25-23)20-10-6-3-7-11-20/h2-16,21,24H,17H2,1H3/b14-13+. The van der Waals surface area contributed by atoms with E-state index in [0.717, 1.165) is 12.2 Å². The van der Waals surface area contributed by atoms with Crippen LogP contribution in [-0.2, 0) is 0 Å². The molecule has 0 amide bonds. The molecule has 2 atom stereocenters. The van der Waals surface area contributed by atoms with Crippen molar-refractivity contribution >= 4 is 6.08 Å². The molecule has 1 nitrogen and oxygen atoms in total. The predicted molar refractivity (Wildman–Crippen MR) is 104 cm³/mol. The number of allylic oxidation sites excluding steroid dienone is 1. The predicted octanol–water partition coefficient (Wildman–Crippen LogP) is 6.32. The molecule has 2 unspecified atom stereocenters. The molecule has 1 heterocycles. The summed E-state index contributed by atoms with van der Waals surface area (Å²) < 4.78 is 6.32. The second-order valence-corrected chi connectivity index (χ2v) is 6.67. The minimum atomic E-state index is 0.0989. The lowest BCUT2D eigenvalue weighted by molar-refractivity contribution is 0.169. The fraction of sp³-hybridized carbons (Fsp3) is 0.167. The van der Waals surface area contributed by atoms with E-state index in [2.05, 4.69) is 97.9 Å². The summed E-state index contributed by atoms with van der Waals surface area (Å²) in [5, 5.41) is 0. The number of rotatable bonds is 3. The summed E-state index contributed by atoms with van der Waals surface area (Å²) in [5.41, 5.74) is 5.05. The van der Waals surface area contributed by atoms with Gasteiger partial charge in [-0.3, -0.25) is 0 Å². The lowest BCUT2D eigenvalue weighted by Crippen LogP contribution is -2.18. The van der Waals surface area contributed by atoms with E-state index in [9.17, 15) is 0 Å². The van der Waals surface area contributed by atoms with Crippen LogP contribution in [0.15, 0.2) is 84.9 Å². The van der Waals surface area contributed by atoms with Gasteiger partial charge in [-0.1, -0.05) is 90.5 Å². The van der Waals surface area contributed by atoms with E-state index in [1.54, 1.807) is 0 Å². The van der Waals surface area contributed by atoms with Gasteiger partial charge in [0, 0.05) is 11.5 Å². The Balaban J connectivity index is 1.68. The molecular formula is C24H22O. The van der Waals surface area contributed by atoms with E-state index < -0.39 is 0 Å². The van der Waals surface area contributed by atoms with Gasteiger partial charge in [-0.05, 0) is 30.5 Å². The molecule has 0 bridgehead atoms. The Morgan fingerprint density at radius 2 is 1.60 bits per heavy atom. The molecule has 0 N–H and O–H groups in total. The molecule has 4 rings (SSSR count). The third-order valence-electron chi connectivity index (χ3n) is 4.79. The maximum atomic E-state index is 6.32. The van der Waals surface area contributed by atoms with E-state index in [-0.39, 0.29) is 6.10 Å². The molecule has 1 heteroatoms. The highest BCUT2D eigenvalue weighted by atomic mass is 16.5. The second-order valence-electron chi connectivity index (χ2n) is 6.67. The number of fused-ring (bicyclic) bond motifs is 1. The molecule has 0 aromatic heterocycles. The van der Waals surface area contributed by atoms with Crippen LogP contribution in [-0.4, -0.2) is 0 Å². The lowest BCUT2D eigenvalue weighted by atomic mass is 9.86. The highest BCUT2D eigenvalue weighted by Gasteiger charge is 2.27. The number of hydrogen-bond acceptors (Lipinski definition) is 1. The van der Waals surface area contributed by atoms with Crippen LogP contribution in [0.1, 0.15) is 40.7 Å². The van der Waals surface area contributed by atoms with Gasteiger partial charge in [0.2, 0.25) is 0 Å². The summed E-state index contributed by atoms with van der Waals surface area (Å²) >= 11 is 0. The van der Waals surface area contributed by atoms with Crippen LogP contribution in [0.25, 0.3) is 6.08 Å². The van der Waals surface area contributed by atoms with E-state index >= 15 is 0 Å². The fourth-order valence-electron chi connectivity index (χ4n) is 3.47. The van der Waals surface area contributed by atoms with Crippen molar-refractivity contribution in [3.63, 3.8) is 0 Å². The molecule has 0 saturated carbocycles. The Kier molecular flexibility index (Phi) is 4.39. The zero-order valence-corrected chi connectivity index (χ0v) is 14.4. The van der Waals surface area contributed by atoms with Crippen molar-refractivity contribution in [3.05, 3.63) is 107 Å². The zero-order chi connectivity index (χ0) is 17.1. The third kappa shape index (κ3) is 3.51. The van der Waals surface area contributed by atoms with Crippen LogP contribution in [0.5, 0.6) is 5.75 Å². The molecule has 0 saturated heterocycles. The van der Waals surface area contributed by atoms with Gasteiger partial charge in [-0.2, -0.15) is 0 Å². The van der Waals surface area contributed by atoms with Crippen LogP contribution < -0.4 is 4.74 Å². The summed E-state index contributed by atoms with van der Waals surface area (Å²) in [5.74, 6) is 1.36. The molecule has 0 radical (unpaired) electrons. The number of benzene rings is 3. The summed E-state index contributed by atoms with van der Waals surface area (Å²) in [7, 11) is 0. The maximum Gasteiger partial charge on any atom is 0.125 e. The van der Waals surface area contributed by atoms with Gasteiger partial charge in [0.25, 0.3) is 0 Å². The van der Waals surface area contributed by atoms with Crippen molar-refractivity contribution < 1.29 is 4.74 Å². The van der Waals surface area contributed by atoms with Gasteiger partial charge >= 0.3 is 0 Å². The number of aryl methyl sites for hydroxylation is 1. The van der Waals surface area contributed by atoms with Crippen LogP contribution in [0.3, 0.4) is 0 Å². The smallest absolute Gasteiger partial charge is 0.125 e. The normalized spacial score (nSPS) is 19.4. The maximum absolute atomic E-state index is 6.32. The fourth-order valence-corrected chi connectivity index (χ4v) is 3.47. The highest BCUT2D eigenvalue weighted by molar-refractivity contribution is 5.53. The van der Waals surface area contributed by atoms with Gasteiger partial charge < -0.3 is 4.74 Å². The minimum Gasteiger partial charge on any atom is -0.485 e. The molecule has 0 aliphatic carbocycles. The monoisotopic (exact) mass is 326 g/mol. The van der Waals surface area contributed by atoms with E-state index in [4.69, 9.17) is 4.74 Å². The van der Waals surface area contributed by atoms with Crippen LogP contribution in [0, 0.1) is 6.92 Å². The molecule has 0 fully saturated rings. The first-order valence-electron chi connectivity index (χ1n) is 8.85. The van der Waals surface area contributed by atoms with Crippen molar-refractivity contribution in [2.45, 2.75) is 25.4 Å². The van der Waals surface area contributed by atoms with Gasteiger partial charge in [0.05, 0.1) is 0 Å². The van der Waals surface area contributed by atoms with Gasteiger partial charge in [-0.15, -0.1) is 0 Å². The van der Waals surface area contributed by atoms with Crippen LogP contribution in [0.2, 0.25) is 0 Å². The Labute approximate surface area is 149 Å². The first kappa shape index (κ1) is 15.7. The third-order valence-corrected chi connectivity index (χ3v) is 4.79. The minimum absolute atomic E-state index is 0.0989. The first-order valence-corrected chi connectivity index (χ1v) is 8.85. The summed E-state index contributed by atoms with van der Waals surface area (Å²) in [6.07, 6.45) is 5.61. The molecule has 3 aromatic rings. The molecule has 124 valence electrons. The largest absolute Gasteiger partial charge is 0.485 e.